The summed E-state index contributed by atoms with van der Waals surface area (Å²) in [5, 5.41) is 2.90. The monoisotopic (exact) mass is 348 g/mol. The van der Waals surface area contributed by atoms with Crippen LogP contribution in [0.4, 0.5) is 10.5 Å². The minimum atomic E-state index is -0.167. The molecule has 1 aromatic heterocycles. The number of urea groups is 1. The molecule has 0 unspecified atom stereocenters. The van der Waals surface area contributed by atoms with E-state index in [1.807, 2.05) is 43.3 Å². The first kappa shape index (κ1) is 18.4. The Balaban J connectivity index is 1.85. The summed E-state index contributed by atoms with van der Waals surface area (Å²) in [4.78, 5) is 15.1. The molecule has 0 aliphatic rings. The zero-order chi connectivity index (χ0) is 17.4. The van der Waals surface area contributed by atoms with Gasteiger partial charge in [0.05, 0.1) is 12.3 Å². The summed E-state index contributed by atoms with van der Waals surface area (Å²) in [6.07, 6.45) is 2.63. The third-order valence-corrected chi connectivity index (χ3v) is 4.82. The van der Waals surface area contributed by atoms with Crippen LogP contribution in [0.15, 0.2) is 52.0 Å². The van der Waals surface area contributed by atoms with E-state index in [-0.39, 0.29) is 12.1 Å². The molecule has 6 heteroatoms. The quantitative estimate of drug-likeness (QED) is 0.558. The summed E-state index contributed by atoms with van der Waals surface area (Å²) >= 11 is 1.78. The fourth-order valence-corrected chi connectivity index (χ4v) is 2.96. The Morgan fingerprint density at radius 1 is 1.33 bits per heavy atom. The van der Waals surface area contributed by atoms with E-state index >= 15 is 0 Å². The molecule has 0 saturated heterocycles. The number of methoxy groups -OCH3 is 1. The molecular weight excluding hydrogens is 324 g/mol. The predicted octanol–water partition coefficient (Wildman–Crippen LogP) is 4.63. The van der Waals surface area contributed by atoms with Crippen LogP contribution in [0.5, 0.6) is 0 Å². The normalized spacial score (nSPS) is 12.0. The maximum Gasteiger partial charge on any atom is 0.322 e. The topological polar surface area (TPSA) is 54.7 Å². The van der Waals surface area contributed by atoms with Crippen LogP contribution in [0.2, 0.25) is 0 Å². The number of carbonyl (C=O) groups excluding carboxylic acids is 1. The zero-order valence-electron chi connectivity index (χ0n) is 14.3. The van der Waals surface area contributed by atoms with Crippen molar-refractivity contribution in [1.82, 2.24) is 4.90 Å². The average Bonchev–Trinajstić information content (AvgIpc) is 3.13. The van der Waals surface area contributed by atoms with Gasteiger partial charge in [-0.3, -0.25) is 0 Å². The highest BCUT2D eigenvalue weighted by atomic mass is 32.2. The van der Waals surface area contributed by atoms with Crippen LogP contribution >= 0.6 is 11.8 Å². The molecule has 0 aliphatic carbocycles. The van der Waals surface area contributed by atoms with E-state index < -0.39 is 0 Å². The van der Waals surface area contributed by atoms with Gasteiger partial charge in [-0.1, -0.05) is 0 Å². The second kappa shape index (κ2) is 9.39. The van der Waals surface area contributed by atoms with Crippen molar-refractivity contribution in [3.05, 3.63) is 48.4 Å². The van der Waals surface area contributed by atoms with Crippen LogP contribution in [0.25, 0.3) is 0 Å². The Labute approximate surface area is 147 Å². The van der Waals surface area contributed by atoms with Gasteiger partial charge in [0.1, 0.15) is 5.76 Å². The lowest BCUT2D eigenvalue weighted by atomic mass is 10.2. The van der Waals surface area contributed by atoms with Gasteiger partial charge >= 0.3 is 6.03 Å². The number of carbonyl (C=O) groups is 1. The SMILES string of the molecule is COCCCSc1ccc(NC(=O)N(C)[C@@H](C)c2ccco2)cc1. The van der Waals surface area contributed by atoms with Gasteiger partial charge < -0.3 is 19.4 Å². The van der Waals surface area contributed by atoms with E-state index in [2.05, 4.69) is 5.32 Å². The molecule has 1 aromatic carbocycles. The van der Waals surface area contributed by atoms with Crippen molar-refractivity contribution >= 4 is 23.5 Å². The Morgan fingerprint density at radius 3 is 2.71 bits per heavy atom. The third-order valence-electron chi connectivity index (χ3n) is 3.72. The summed E-state index contributed by atoms with van der Waals surface area (Å²) in [5.74, 6) is 1.78. The third kappa shape index (κ3) is 5.32. The van der Waals surface area contributed by atoms with Gasteiger partial charge in [0.25, 0.3) is 0 Å². The molecule has 1 atom stereocenters. The number of amides is 2. The fourth-order valence-electron chi connectivity index (χ4n) is 2.14. The van der Waals surface area contributed by atoms with Gasteiger partial charge in [-0.15, -0.1) is 11.8 Å². The number of hydrogen-bond acceptors (Lipinski definition) is 4. The predicted molar refractivity (Wildman–Crippen MR) is 97.6 cm³/mol. The molecule has 0 spiro atoms. The fraction of sp³-hybridized carbons (Fsp3) is 0.389. The summed E-state index contributed by atoms with van der Waals surface area (Å²) in [6.45, 7) is 2.71. The molecule has 2 aromatic rings. The van der Waals surface area contributed by atoms with Crippen LogP contribution in [-0.4, -0.2) is 37.4 Å². The molecule has 1 N–H and O–H groups in total. The molecule has 24 heavy (non-hydrogen) atoms. The summed E-state index contributed by atoms with van der Waals surface area (Å²) in [5.41, 5.74) is 0.778. The first-order chi connectivity index (χ1) is 11.6. The van der Waals surface area contributed by atoms with E-state index in [0.717, 1.165) is 30.2 Å². The summed E-state index contributed by atoms with van der Waals surface area (Å²) in [7, 11) is 3.47. The number of nitrogens with one attached hydrogen (secondary N) is 1. The van der Waals surface area contributed by atoms with Crippen LogP contribution in [0, 0.1) is 0 Å². The van der Waals surface area contributed by atoms with E-state index in [4.69, 9.17) is 9.15 Å². The van der Waals surface area contributed by atoms with Crippen LogP contribution < -0.4 is 5.32 Å². The van der Waals surface area contributed by atoms with Gasteiger partial charge in [-0.05, 0) is 49.7 Å². The van der Waals surface area contributed by atoms with Crippen molar-refractivity contribution in [2.75, 3.05) is 31.8 Å². The highest BCUT2D eigenvalue weighted by Crippen LogP contribution is 2.23. The maximum absolute atomic E-state index is 12.3. The molecular formula is C18H24N2O3S. The van der Waals surface area contributed by atoms with Crippen molar-refractivity contribution in [1.29, 1.82) is 0 Å². The zero-order valence-corrected chi connectivity index (χ0v) is 15.1. The number of benzene rings is 1. The molecule has 5 nitrogen and oxygen atoms in total. The van der Waals surface area contributed by atoms with Gasteiger partial charge in [-0.2, -0.15) is 0 Å². The molecule has 2 amide bonds. The second-order valence-electron chi connectivity index (χ2n) is 5.45. The number of anilines is 1. The first-order valence-corrected chi connectivity index (χ1v) is 8.89. The van der Waals surface area contributed by atoms with Gasteiger partial charge in [0, 0.05) is 37.1 Å². The molecule has 0 saturated carbocycles. The minimum absolute atomic E-state index is 0.129. The molecule has 1 heterocycles. The highest BCUT2D eigenvalue weighted by Gasteiger charge is 2.19. The molecule has 0 aliphatic heterocycles. The molecule has 0 radical (unpaired) electrons. The van der Waals surface area contributed by atoms with Crippen molar-refractivity contribution < 1.29 is 13.9 Å². The van der Waals surface area contributed by atoms with E-state index in [9.17, 15) is 4.79 Å². The molecule has 130 valence electrons. The van der Waals surface area contributed by atoms with E-state index in [1.165, 1.54) is 4.90 Å². The number of nitrogens with zero attached hydrogens (tertiary/aromatic N) is 1. The molecule has 0 bridgehead atoms. The standard InChI is InChI=1S/C18H24N2O3S/c1-14(17-6-4-12-23-17)20(2)18(21)19-15-7-9-16(10-8-15)24-13-5-11-22-3/h4,6-10,12,14H,5,11,13H2,1-3H3,(H,19,21)/t14-/m0/s1. The second-order valence-corrected chi connectivity index (χ2v) is 6.62. The number of ether oxygens (including phenoxy) is 1. The Bertz CT molecular complexity index is 614. The Morgan fingerprint density at radius 2 is 2.08 bits per heavy atom. The summed E-state index contributed by atoms with van der Waals surface area (Å²) < 4.78 is 10.4. The largest absolute Gasteiger partial charge is 0.467 e. The minimum Gasteiger partial charge on any atom is -0.467 e. The first-order valence-electron chi connectivity index (χ1n) is 7.91. The van der Waals surface area contributed by atoms with Crippen molar-refractivity contribution in [2.24, 2.45) is 0 Å². The van der Waals surface area contributed by atoms with Crippen molar-refractivity contribution in [3.63, 3.8) is 0 Å². The Kier molecular flexibility index (Phi) is 7.21. The lowest BCUT2D eigenvalue weighted by Crippen LogP contribution is -2.33. The number of furan rings is 1. The number of thioether (sulfide) groups is 1. The van der Waals surface area contributed by atoms with Crippen molar-refractivity contribution in [3.8, 4) is 0 Å². The van der Waals surface area contributed by atoms with Crippen LogP contribution in [-0.2, 0) is 4.74 Å². The van der Waals surface area contributed by atoms with Gasteiger partial charge in [0.15, 0.2) is 0 Å². The average molecular weight is 348 g/mol. The molecule has 0 fully saturated rings. The lowest BCUT2D eigenvalue weighted by Gasteiger charge is -2.23. The van der Waals surface area contributed by atoms with Gasteiger partial charge in [-0.25, -0.2) is 4.79 Å². The molecule has 2 rings (SSSR count). The number of hydrogen-bond donors (Lipinski definition) is 1. The highest BCUT2D eigenvalue weighted by molar-refractivity contribution is 7.99. The smallest absolute Gasteiger partial charge is 0.322 e. The summed E-state index contributed by atoms with van der Waals surface area (Å²) in [6, 6.07) is 11.3. The lowest BCUT2D eigenvalue weighted by molar-refractivity contribution is 0.200. The van der Waals surface area contributed by atoms with Crippen LogP contribution in [0.1, 0.15) is 25.1 Å². The number of rotatable bonds is 8. The van der Waals surface area contributed by atoms with Crippen LogP contribution in [0.3, 0.4) is 0 Å². The van der Waals surface area contributed by atoms with Crippen molar-refractivity contribution in [2.45, 2.75) is 24.3 Å². The van der Waals surface area contributed by atoms with Gasteiger partial charge in [0.2, 0.25) is 0 Å². The Hall–Kier alpha value is -1.92. The van der Waals surface area contributed by atoms with E-state index in [1.54, 1.807) is 37.1 Å². The van der Waals surface area contributed by atoms with E-state index in [0.29, 0.717) is 0 Å². The maximum atomic E-state index is 12.3.